The lowest BCUT2D eigenvalue weighted by atomic mass is 9.99. The molecule has 3 heterocycles. The highest BCUT2D eigenvalue weighted by Gasteiger charge is 2.37. The van der Waals surface area contributed by atoms with Crippen molar-refractivity contribution in [1.82, 2.24) is 26.2 Å². The van der Waals surface area contributed by atoms with E-state index >= 15 is 0 Å². The lowest BCUT2D eigenvalue weighted by molar-refractivity contribution is -0.135. The van der Waals surface area contributed by atoms with Gasteiger partial charge in [-0.1, -0.05) is 24.1 Å². The summed E-state index contributed by atoms with van der Waals surface area (Å²) >= 11 is 6.06. The van der Waals surface area contributed by atoms with Gasteiger partial charge in [0, 0.05) is 29.8 Å². The minimum atomic E-state index is -0.365. The predicted octanol–water partition coefficient (Wildman–Crippen LogP) is 1.54. The minimum absolute atomic E-state index is 0.129. The van der Waals surface area contributed by atoms with E-state index in [4.69, 9.17) is 11.6 Å². The van der Waals surface area contributed by atoms with Crippen molar-refractivity contribution < 1.29 is 4.79 Å². The molecule has 0 bridgehead atoms. The van der Waals surface area contributed by atoms with E-state index in [1.807, 2.05) is 29.2 Å². The Morgan fingerprint density at radius 2 is 1.85 bits per heavy atom. The molecular formula is C19H29ClN6O. The van der Waals surface area contributed by atoms with Gasteiger partial charge in [-0.25, -0.2) is 10.9 Å². The second kappa shape index (κ2) is 8.75. The lowest BCUT2D eigenvalue weighted by Gasteiger charge is -2.41. The molecule has 4 N–H and O–H groups in total. The van der Waals surface area contributed by atoms with Crippen molar-refractivity contribution in [3.63, 3.8) is 0 Å². The molecule has 1 amide bonds. The van der Waals surface area contributed by atoms with Gasteiger partial charge in [0.25, 0.3) is 0 Å². The van der Waals surface area contributed by atoms with E-state index in [0.29, 0.717) is 11.1 Å². The summed E-state index contributed by atoms with van der Waals surface area (Å²) in [6, 6.07) is 7.80. The Morgan fingerprint density at radius 1 is 1.07 bits per heavy atom. The zero-order chi connectivity index (χ0) is 18.6. The van der Waals surface area contributed by atoms with Crippen LogP contribution in [0.3, 0.4) is 0 Å². The fraction of sp³-hybridized carbons (Fsp3) is 0.632. The van der Waals surface area contributed by atoms with Gasteiger partial charge < -0.3 is 15.1 Å². The summed E-state index contributed by atoms with van der Waals surface area (Å²) in [5.41, 5.74) is 9.91. The third-order valence-corrected chi connectivity index (χ3v) is 6.12. The van der Waals surface area contributed by atoms with Crippen LogP contribution in [0.5, 0.6) is 0 Å². The number of anilines is 1. The monoisotopic (exact) mass is 392 g/mol. The number of nitrogens with zero attached hydrogens (tertiary/aromatic N) is 2. The Balaban J connectivity index is 1.32. The quantitative estimate of drug-likeness (QED) is 0.623. The van der Waals surface area contributed by atoms with Crippen molar-refractivity contribution in [3.8, 4) is 0 Å². The van der Waals surface area contributed by atoms with Crippen molar-refractivity contribution in [1.29, 1.82) is 0 Å². The molecule has 1 aromatic rings. The third-order valence-electron chi connectivity index (χ3n) is 5.88. The molecule has 3 fully saturated rings. The summed E-state index contributed by atoms with van der Waals surface area (Å²) in [7, 11) is 0. The Morgan fingerprint density at radius 3 is 2.59 bits per heavy atom. The van der Waals surface area contributed by atoms with Crippen LogP contribution in [0.1, 0.15) is 32.1 Å². The highest BCUT2D eigenvalue weighted by atomic mass is 35.5. The maximum atomic E-state index is 13.1. The van der Waals surface area contributed by atoms with Gasteiger partial charge in [0.15, 0.2) is 0 Å². The molecule has 4 rings (SSSR count). The lowest BCUT2D eigenvalue weighted by Crippen LogP contribution is -2.55. The molecule has 8 heteroatoms. The average molecular weight is 393 g/mol. The Labute approximate surface area is 165 Å². The maximum absolute atomic E-state index is 13.1. The molecule has 0 aromatic heterocycles. The van der Waals surface area contributed by atoms with E-state index < -0.39 is 0 Å². The molecule has 0 saturated carbocycles. The van der Waals surface area contributed by atoms with Gasteiger partial charge in [0.1, 0.15) is 12.2 Å². The van der Waals surface area contributed by atoms with Crippen molar-refractivity contribution >= 4 is 23.2 Å². The summed E-state index contributed by atoms with van der Waals surface area (Å²) in [6.07, 6.45) is 5.91. The Bertz CT molecular complexity index is 645. The predicted molar refractivity (Wildman–Crippen MR) is 107 cm³/mol. The normalized spacial score (nSPS) is 27.7. The number of nitrogens with one attached hydrogen (secondary N) is 4. The largest absolute Gasteiger partial charge is 0.367 e. The highest BCUT2D eigenvalue weighted by molar-refractivity contribution is 6.30. The summed E-state index contributed by atoms with van der Waals surface area (Å²) in [5.74, 6) is 0.129. The Hall–Kier alpha value is -1.38. The SMILES string of the molecule is O=C(C1NNNC1Nc1cccc(Cl)c1)N1CCC(N2CCCCC2)CC1. The number of halogens is 1. The van der Waals surface area contributed by atoms with Crippen LogP contribution in [-0.4, -0.2) is 60.1 Å². The van der Waals surface area contributed by atoms with Crippen molar-refractivity contribution in [2.45, 2.75) is 50.4 Å². The van der Waals surface area contributed by atoms with Gasteiger partial charge in [0.2, 0.25) is 5.91 Å². The molecule has 3 aliphatic rings. The van der Waals surface area contributed by atoms with E-state index in [1.165, 1.54) is 32.4 Å². The minimum Gasteiger partial charge on any atom is -0.367 e. The van der Waals surface area contributed by atoms with E-state index in [-0.39, 0.29) is 18.1 Å². The van der Waals surface area contributed by atoms with Gasteiger partial charge >= 0.3 is 0 Å². The Kier molecular flexibility index (Phi) is 6.14. The summed E-state index contributed by atoms with van der Waals surface area (Å²) < 4.78 is 0. The van der Waals surface area contributed by atoms with Crippen molar-refractivity contribution in [2.24, 2.45) is 0 Å². The maximum Gasteiger partial charge on any atom is 0.244 e. The van der Waals surface area contributed by atoms with Gasteiger partial charge in [-0.3, -0.25) is 4.79 Å². The molecule has 27 heavy (non-hydrogen) atoms. The zero-order valence-corrected chi connectivity index (χ0v) is 16.3. The first-order chi connectivity index (χ1) is 13.2. The first-order valence-corrected chi connectivity index (χ1v) is 10.4. The van der Waals surface area contributed by atoms with E-state index in [1.54, 1.807) is 0 Å². The zero-order valence-electron chi connectivity index (χ0n) is 15.6. The molecular weight excluding hydrogens is 364 g/mol. The fourth-order valence-corrected chi connectivity index (χ4v) is 4.57. The topological polar surface area (TPSA) is 71.7 Å². The first kappa shape index (κ1) is 19.0. The summed E-state index contributed by atoms with van der Waals surface area (Å²) in [4.78, 5) is 17.7. The number of benzene rings is 1. The molecule has 3 saturated heterocycles. The van der Waals surface area contributed by atoms with Crippen LogP contribution < -0.4 is 21.7 Å². The number of hydrogen-bond donors (Lipinski definition) is 4. The summed E-state index contributed by atoms with van der Waals surface area (Å²) in [5, 5.41) is 4.00. The molecule has 7 nitrogen and oxygen atoms in total. The number of carbonyl (C=O) groups excluding carboxylic acids is 1. The van der Waals surface area contributed by atoms with Crippen LogP contribution in [0.15, 0.2) is 24.3 Å². The van der Waals surface area contributed by atoms with Gasteiger partial charge in [-0.15, -0.1) is 0 Å². The number of likely N-dealkylation sites (tertiary alicyclic amines) is 2. The van der Waals surface area contributed by atoms with Crippen molar-refractivity contribution in [3.05, 3.63) is 29.3 Å². The van der Waals surface area contributed by atoms with Gasteiger partial charge in [-0.05, 0) is 57.0 Å². The molecule has 0 aliphatic carbocycles. The van der Waals surface area contributed by atoms with Crippen LogP contribution in [0.4, 0.5) is 5.69 Å². The number of carbonyl (C=O) groups is 1. The van der Waals surface area contributed by atoms with Crippen LogP contribution >= 0.6 is 11.6 Å². The van der Waals surface area contributed by atoms with Crippen LogP contribution in [0.2, 0.25) is 5.02 Å². The molecule has 1 aromatic carbocycles. The van der Waals surface area contributed by atoms with Crippen LogP contribution in [0, 0.1) is 0 Å². The second-order valence-corrected chi connectivity index (χ2v) is 8.11. The van der Waals surface area contributed by atoms with E-state index in [2.05, 4.69) is 26.6 Å². The molecule has 0 radical (unpaired) electrons. The third kappa shape index (κ3) is 4.55. The van der Waals surface area contributed by atoms with Crippen LogP contribution in [0.25, 0.3) is 0 Å². The van der Waals surface area contributed by atoms with Gasteiger partial charge in [0.05, 0.1) is 0 Å². The number of rotatable bonds is 4. The molecule has 3 aliphatic heterocycles. The second-order valence-electron chi connectivity index (χ2n) is 7.68. The standard InChI is InChI=1S/C19H29ClN6O/c20-14-5-4-6-15(13-14)21-18-17(22-24-23-18)19(27)26-11-7-16(8-12-26)25-9-2-1-3-10-25/h4-6,13,16-18,21-24H,1-3,7-12H2. The number of amides is 1. The average Bonchev–Trinajstić information content (AvgIpc) is 3.16. The van der Waals surface area contributed by atoms with Crippen molar-refractivity contribution in [2.75, 3.05) is 31.5 Å². The highest BCUT2D eigenvalue weighted by Crippen LogP contribution is 2.22. The van der Waals surface area contributed by atoms with E-state index in [0.717, 1.165) is 31.6 Å². The van der Waals surface area contributed by atoms with Crippen LogP contribution in [-0.2, 0) is 4.79 Å². The molecule has 2 atom stereocenters. The molecule has 148 valence electrons. The molecule has 0 spiro atoms. The first-order valence-electron chi connectivity index (χ1n) is 10.0. The number of hydrogen-bond acceptors (Lipinski definition) is 6. The van der Waals surface area contributed by atoms with Gasteiger partial charge in [-0.2, -0.15) is 5.53 Å². The smallest absolute Gasteiger partial charge is 0.244 e. The number of piperidine rings is 2. The summed E-state index contributed by atoms with van der Waals surface area (Å²) in [6.45, 7) is 4.12. The molecule has 2 unspecified atom stereocenters. The van der Waals surface area contributed by atoms with E-state index in [9.17, 15) is 4.79 Å². The fourth-order valence-electron chi connectivity index (χ4n) is 4.38. The number of hydrazine groups is 2.